The zero-order chi connectivity index (χ0) is 22.1. The smallest absolute Gasteiger partial charge is 0.228 e. The van der Waals surface area contributed by atoms with Crippen molar-refractivity contribution in [1.82, 2.24) is 9.88 Å². The molecule has 5 heteroatoms. The molecule has 1 aromatic heterocycles. The third-order valence-corrected chi connectivity index (χ3v) is 7.46. The quantitative estimate of drug-likeness (QED) is 0.819. The number of benzene rings is 1. The van der Waals surface area contributed by atoms with Crippen molar-refractivity contribution in [3.05, 3.63) is 59.9 Å². The maximum Gasteiger partial charge on any atom is 0.228 e. The van der Waals surface area contributed by atoms with Crippen molar-refractivity contribution >= 4 is 12.0 Å². The summed E-state index contributed by atoms with van der Waals surface area (Å²) in [6, 6.07) is 13.9. The Morgan fingerprint density at radius 2 is 2.03 bits per heavy atom. The molecule has 2 aliphatic rings. The minimum atomic E-state index is -0.322. The van der Waals surface area contributed by atoms with Crippen LogP contribution in [-0.2, 0) is 4.79 Å². The van der Waals surface area contributed by atoms with E-state index in [0.717, 1.165) is 23.2 Å². The predicted octanol–water partition coefficient (Wildman–Crippen LogP) is 3.99. The van der Waals surface area contributed by atoms with Crippen LogP contribution in [0.4, 0.5) is 0 Å². The van der Waals surface area contributed by atoms with Gasteiger partial charge in [0.05, 0.1) is 29.9 Å². The summed E-state index contributed by atoms with van der Waals surface area (Å²) < 4.78 is 0. The van der Waals surface area contributed by atoms with E-state index in [-0.39, 0.29) is 36.3 Å². The number of nitrogens with zero attached hydrogens (tertiary/aromatic N) is 3. The number of nitriles is 1. The van der Waals surface area contributed by atoms with Gasteiger partial charge in [-0.25, -0.2) is 0 Å². The van der Waals surface area contributed by atoms with Gasteiger partial charge in [0.1, 0.15) is 0 Å². The third kappa shape index (κ3) is 3.77. The molecule has 0 radical (unpaired) electrons. The second kappa shape index (κ2) is 8.64. The lowest BCUT2D eigenvalue weighted by Crippen LogP contribution is -2.44. The second-order valence-electron chi connectivity index (χ2n) is 9.02. The fraction of sp³-hybridized carbons (Fsp3) is 0.423. The second-order valence-corrected chi connectivity index (χ2v) is 9.02. The molecule has 1 amide bonds. The van der Waals surface area contributed by atoms with Gasteiger partial charge < -0.3 is 10.0 Å². The maximum atomic E-state index is 12.7. The zero-order valence-electron chi connectivity index (χ0n) is 18.3. The number of rotatable bonds is 4. The monoisotopic (exact) mass is 415 g/mol. The summed E-state index contributed by atoms with van der Waals surface area (Å²) >= 11 is 0. The van der Waals surface area contributed by atoms with Gasteiger partial charge in [0.2, 0.25) is 5.91 Å². The fourth-order valence-corrected chi connectivity index (χ4v) is 5.49. The van der Waals surface area contributed by atoms with Crippen LogP contribution in [0.5, 0.6) is 0 Å². The number of pyridine rings is 1. The summed E-state index contributed by atoms with van der Waals surface area (Å²) in [5.74, 6) is 1.01. The Balaban J connectivity index is 1.59. The Morgan fingerprint density at radius 3 is 2.71 bits per heavy atom. The summed E-state index contributed by atoms with van der Waals surface area (Å²) in [7, 11) is 1.87. The molecule has 1 aromatic carbocycles. The third-order valence-electron chi connectivity index (χ3n) is 7.46. The van der Waals surface area contributed by atoms with Crippen LogP contribution in [-0.4, -0.2) is 40.6 Å². The van der Waals surface area contributed by atoms with E-state index in [2.05, 4.69) is 31.0 Å². The molecular weight excluding hydrogens is 386 g/mol. The number of hydrogen-bond acceptors (Lipinski definition) is 4. The van der Waals surface area contributed by atoms with Crippen LogP contribution in [0, 0.1) is 40.9 Å². The Hall–Kier alpha value is -2.97. The number of hydrogen-bond donors (Lipinski definition) is 1. The summed E-state index contributed by atoms with van der Waals surface area (Å²) in [6.07, 6.45) is 7.01. The highest BCUT2D eigenvalue weighted by atomic mass is 16.3. The molecule has 1 saturated heterocycles. The Kier molecular flexibility index (Phi) is 5.93. The molecule has 2 fully saturated rings. The Bertz CT molecular complexity index is 1020. The van der Waals surface area contributed by atoms with Crippen LogP contribution in [0.25, 0.3) is 17.2 Å². The van der Waals surface area contributed by atoms with Gasteiger partial charge in [0.25, 0.3) is 0 Å². The highest BCUT2D eigenvalue weighted by Gasteiger charge is 2.53. The average molecular weight is 416 g/mol. The van der Waals surface area contributed by atoms with Gasteiger partial charge >= 0.3 is 0 Å². The number of amides is 1. The summed E-state index contributed by atoms with van der Waals surface area (Å²) in [5, 5.41) is 19.3. The number of fused-ring (bicyclic) bond motifs is 1. The van der Waals surface area contributed by atoms with Crippen LogP contribution < -0.4 is 0 Å². The highest BCUT2D eigenvalue weighted by molar-refractivity contribution is 5.82. The molecule has 160 valence electrons. The molecular formula is C26H29N3O2. The van der Waals surface area contributed by atoms with E-state index in [1.165, 1.54) is 0 Å². The zero-order valence-corrected chi connectivity index (χ0v) is 18.3. The normalized spacial score (nSPS) is 30.4. The first kappa shape index (κ1) is 21.3. The number of aliphatic hydroxyl groups excluding tert-OH is 1. The molecule has 5 nitrogen and oxygen atoms in total. The van der Waals surface area contributed by atoms with E-state index >= 15 is 0 Å². The predicted molar refractivity (Wildman–Crippen MR) is 120 cm³/mol. The minimum Gasteiger partial charge on any atom is -0.396 e. The van der Waals surface area contributed by atoms with Gasteiger partial charge in [0, 0.05) is 30.4 Å². The number of allylic oxidation sites excluding steroid dienone is 1. The van der Waals surface area contributed by atoms with Gasteiger partial charge in [-0.2, -0.15) is 5.26 Å². The van der Waals surface area contributed by atoms with E-state index in [0.29, 0.717) is 17.4 Å². The van der Waals surface area contributed by atoms with E-state index < -0.39 is 0 Å². The number of aliphatic hydroxyl groups is 1. The topological polar surface area (TPSA) is 77.2 Å². The summed E-state index contributed by atoms with van der Waals surface area (Å²) in [5.41, 5.74) is 3.27. The molecule has 1 saturated carbocycles. The molecule has 0 spiro atoms. The van der Waals surface area contributed by atoms with Gasteiger partial charge in [-0.15, -0.1) is 0 Å². The average Bonchev–Trinajstić information content (AvgIpc) is 3.03. The van der Waals surface area contributed by atoms with Crippen molar-refractivity contribution in [3.63, 3.8) is 0 Å². The van der Waals surface area contributed by atoms with E-state index in [4.69, 9.17) is 0 Å². The molecule has 1 unspecified atom stereocenters. The molecule has 4 rings (SSSR count). The molecule has 2 heterocycles. The van der Waals surface area contributed by atoms with Crippen LogP contribution in [0.3, 0.4) is 0 Å². The van der Waals surface area contributed by atoms with E-state index in [1.807, 2.05) is 54.4 Å². The largest absolute Gasteiger partial charge is 0.396 e. The van der Waals surface area contributed by atoms with E-state index in [1.54, 1.807) is 6.20 Å². The van der Waals surface area contributed by atoms with Crippen molar-refractivity contribution in [3.8, 4) is 17.2 Å². The molecule has 1 N–H and O–H groups in total. The van der Waals surface area contributed by atoms with Gasteiger partial charge in [-0.3, -0.25) is 9.78 Å². The van der Waals surface area contributed by atoms with Crippen LogP contribution in [0.15, 0.2) is 48.7 Å². The molecule has 2 aromatic rings. The molecule has 31 heavy (non-hydrogen) atoms. The summed E-state index contributed by atoms with van der Waals surface area (Å²) in [4.78, 5) is 19.1. The van der Waals surface area contributed by atoms with Crippen LogP contribution in [0.1, 0.15) is 31.5 Å². The van der Waals surface area contributed by atoms with Crippen molar-refractivity contribution in [2.24, 2.45) is 29.6 Å². The fourth-order valence-electron chi connectivity index (χ4n) is 5.49. The standard InChI is InChI=1S/C26H29N3O2/c1-16-12-24-25(23(15-30)26(31)29(24)3)21(17(16)2)11-10-20-9-8-19(14-28-20)22-7-5-4-6-18(22)13-27/h4-11,14,16-17,21,23-25,30H,12,15H2,1-3H3/b11-10+/t16-,17+,21-,23?,24+,25+/m0/s1. The lowest BCUT2D eigenvalue weighted by Gasteiger charge is -2.43. The first-order valence-electron chi connectivity index (χ1n) is 11.0. The van der Waals surface area contributed by atoms with Crippen molar-refractivity contribution in [1.29, 1.82) is 5.26 Å². The maximum absolute atomic E-state index is 12.7. The van der Waals surface area contributed by atoms with Crippen molar-refractivity contribution in [2.45, 2.75) is 26.3 Å². The van der Waals surface area contributed by atoms with Gasteiger partial charge in [-0.05, 0) is 48.3 Å². The van der Waals surface area contributed by atoms with Crippen molar-refractivity contribution < 1.29 is 9.90 Å². The van der Waals surface area contributed by atoms with Crippen molar-refractivity contribution in [2.75, 3.05) is 13.7 Å². The Morgan fingerprint density at radius 1 is 1.26 bits per heavy atom. The molecule has 1 aliphatic carbocycles. The molecule has 6 atom stereocenters. The lowest BCUT2D eigenvalue weighted by molar-refractivity contribution is -0.131. The first-order chi connectivity index (χ1) is 15.0. The van der Waals surface area contributed by atoms with Gasteiger partial charge in [-0.1, -0.05) is 44.2 Å². The first-order valence-corrected chi connectivity index (χ1v) is 11.0. The van der Waals surface area contributed by atoms with Gasteiger partial charge in [0.15, 0.2) is 0 Å². The highest BCUT2D eigenvalue weighted by Crippen LogP contribution is 2.48. The van der Waals surface area contributed by atoms with Crippen LogP contribution >= 0.6 is 0 Å². The van der Waals surface area contributed by atoms with Crippen LogP contribution in [0.2, 0.25) is 0 Å². The SMILES string of the molecule is C[C@H]1[C@H](/C=C/c2ccc(-c3ccccc3C#N)cn2)[C@@H]2C(CO)C(=O)N(C)[C@@H]2C[C@@H]1C. The Labute approximate surface area is 184 Å². The summed E-state index contributed by atoms with van der Waals surface area (Å²) in [6.45, 7) is 4.41. The minimum absolute atomic E-state index is 0.0656. The molecule has 1 aliphatic heterocycles. The number of carbonyl (C=O) groups excluding carboxylic acids is 1. The number of likely N-dealkylation sites (tertiary alicyclic amines) is 1. The van der Waals surface area contributed by atoms with E-state index in [9.17, 15) is 15.2 Å². The lowest BCUT2D eigenvalue weighted by atomic mass is 9.63. The molecule has 0 bridgehead atoms. The number of aromatic nitrogens is 1. The number of carbonyl (C=O) groups is 1.